The minimum absolute atomic E-state index is 1.13. The van der Waals surface area contributed by atoms with Gasteiger partial charge in [-0.2, -0.15) is 0 Å². The van der Waals surface area contributed by atoms with Crippen molar-refractivity contribution in [1.82, 2.24) is 0 Å². The van der Waals surface area contributed by atoms with Crippen molar-refractivity contribution in [1.29, 1.82) is 0 Å². The van der Waals surface area contributed by atoms with E-state index in [9.17, 15) is 0 Å². The van der Waals surface area contributed by atoms with Crippen molar-refractivity contribution in [3.05, 3.63) is 23.3 Å². The molecule has 0 atom stereocenters. The van der Waals surface area contributed by atoms with Crippen molar-refractivity contribution in [2.45, 2.75) is 12.8 Å². The molecule has 0 heterocycles. The summed E-state index contributed by atoms with van der Waals surface area (Å²) in [7, 11) is 0. The van der Waals surface area contributed by atoms with Crippen LogP contribution in [0.25, 0.3) is 0 Å². The molecule has 0 saturated carbocycles. The van der Waals surface area contributed by atoms with E-state index in [-0.39, 0.29) is 0 Å². The molecule has 0 amide bonds. The van der Waals surface area contributed by atoms with Crippen LogP contribution >= 0.6 is 11.6 Å². The SMILES string of the molecule is ClC=C1C=CCC1. The summed E-state index contributed by atoms with van der Waals surface area (Å²) >= 11 is 5.39. The minimum atomic E-state index is 1.13. The molecule has 1 rings (SSSR count). The van der Waals surface area contributed by atoms with Gasteiger partial charge in [0.1, 0.15) is 0 Å². The normalized spacial score (nSPS) is 24.4. The summed E-state index contributed by atoms with van der Waals surface area (Å²) in [6, 6.07) is 0. The maximum absolute atomic E-state index is 5.39. The zero-order chi connectivity index (χ0) is 5.11. The largest absolute Gasteiger partial charge is 0.0927 e. The molecule has 0 nitrogen and oxygen atoms in total. The maximum Gasteiger partial charge on any atom is 0.00745 e. The van der Waals surface area contributed by atoms with Gasteiger partial charge in [-0.3, -0.25) is 0 Å². The van der Waals surface area contributed by atoms with E-state index in [1.54, 1.807) is 5.54 Å². The molecule has 1 aliphatic carbocycles. The maximum atomic E-state index is 5.39. The molecule has 0 aliphatic heterocycles. The first-order valence-electron chi connectivity index (χ1n) is 2.39. The van der Waals surface area contributed by atoms with E-state index in [2.05, 4.69) is 12.2 Å². The van der Waals surface area contributed by atoms with Gasteiger partial charge in [0.15, 0.2) is 0 Å². The quantitative estimate of drug-likeness (QED) is 0.454. The van der Waals surface area contributed by atoms with Crippen molar-refractivity contribution in [3.8, 4) is 0 Å². The Kier molecular flexibility index (Phi) is 1.53. The third-order valence-corrected chi connectivity index (χ3v) is 1.35. The highest BCUT2D eigenvalue weighted by atomic mass is 35.5. The fourth-order valence-electron chi connectivity index (χ4n) is 0.659. The molecule has 0 radical (unpaired) electrons. The van der Waals surface area contributed by atoms with Crippen molar-refractivity contribution in [2.75, 3.05) is 0 Å². The summed E-state index contributed by atoms with van der Waals surface area (Å²) < 4.78 is 0. The summed E-state index contributed by atoms with van der Waals surface area (Å²) in [6.07, 6.45) is 6.49. The van der Waals surface area contributed by atoms with E-state index >= 15 is 0 Å². The topological polar surface area (TPSA) is 0 Å². The van der Waals surface area contributed by atoms with Crippen LogP contribution in [0.15, 0.2) is 23.3 Å². The molecule has 0 saturated heterocycles. The summed E-state index contributed by atoms with van der Waals surface area (Å²) in [5.74, 6) is 0. The average molecular weight is 115 g/mol. The Morgan fingerprint density at radius 2 is 2.57 bits per heavy atom. The van der Waals surface area contributed by atoms with Crippen LogP contribution in [0.4, 0.5) is 0 Å². The predicted octanol–water partition coefficient (Wildman–Crippen LogP) is 2.46. The zero-order valence-electron chi connectivity index (χ0n) is 4.02. The first-order valence-corrected chi connectivity index (χ1v) is 2.83. The number of hydrogen-bond donors (Lipinski definition) is 0. The predicted molar refractivity (Wildman–Crippen MR) is 32.3 cm³/mol. The first-order chi connectivity index (χ1) is 3.43. The monoisotopic (exact) mass is 114 g/mol. The fraction of sp³-hybridized carbons (Fsp3) is 0.333. The Labute approximate surface area is 48.5 Å². The molecular weight excluding hydrogens is 108 g/mol. The van der Waals surface area contributed by atoms with E-state index in [1.807, 2.05) is 0 Å². The number of allylic oxidation sites excluding steroid dienone is 3. The molecule has 0 unspecified atom stereocenters. The molecule has 38 valence electrons. The molecule has 0 aromatic rings. The minimum Gasteiger partial charge on any atom is -0.0927 e. The Balaban J connectivity index is 2.59. The lowest BCUT2D eigenvalue weighted by molar-refractivity contribution is 1.07. The van der Waals surface area contributed by atoms with Crippen molar-refractivity contribution >= 4 is 11.6 Å². The molecule has 0 aromatic carbocycles. The molecule has 0 fully saturated rings. The highest BCUT2D eigenvalue weighted by Gasteiger charge is 1.95. The summed E-state index contributed by atoms with van der Waals surface area (Å²) in [6.45, 7) is 0. The van der Waals surface area contributed by atoms with E-state index in [0.29, 0.717) is 0 Å². The van der Waals surface area contributed by atoms with Crippen LogP contribution in [0.1, 0.15) is 12.8 Å². The Morgan fingerprint density at radius 3 is 2.86 bits per heavy atom. The van der Waals surface area contributed by atoms with Crippen LogP contribution < -0.4 is 0 Å². The molecule has 0 N–H and O–H groups in total. The van der Waals surface area contributed by atoms with Crippen LogP contribution in [0, 0.1) is 0 Å². The molecule has 0 bridgehead atoms. The van der Waals surface area contributed by atoms with Gasteiger partial charge in [-0.25, -0.2) is 0 Å². The van der Waals surface area contributed by atoms with E-state index in [0.717, 1.165) is 6.42 Å². The molecule has 1 heteroatoms. The summed E-state index contributed by atoms with van der Waals surface area (Å²) in [4.78, 5) is 0. The first kappa shape index (κ1) is 4.92. The third-order valence-electron chi connectivity index (χ3n) is 1.07. The van der Waals surface area contributed by atoms with Gasteiger partial charge in [0, 0.05) is 5.54 Å². The van der Waals surface area contributed by atoms with Gasteiger partial charge in [0.2, 0.25) is 0 Å². The molecule has 0 aromatic heterocycles. The Bertz CT molecular complexity index is 109. The van der Waals surface area contributed by atoms with Gasteiger partial charge >= 0.3 is 0 Å². The number of hydrogen-bond acceptors (Lipinski definition) is 0. The van der Waals surface area contributed by atoms with Crippen molar-refractivity contribution < 1.29 is 0 Å². The fourth-order valence-corrected chi connectivity index (χ4v) is 0.841. The lowest BCUT2D eigenvalue weighted by Gasteiger charge is -1.82. The number of halogens is 1. The molecular formula is C6H7Cl. The van der Waals surface area contributed by atoms with Gasteiger partial charge in [0.05, 0.1) is 0 Å². The summed E-state index contributed by atoms with van der Waals surface area (Å²) in [5, 5.41) is 0. The van der Waals surface area contributed by atoms with Crippen molar-refractivity contribution in [2.24, 2.45) is 0 Å². The highest BCUT2D eigenvalue weighted by molar-refractivity contribution is 6.25. The second kappa shape index (κ2) is 2.17. The summed E-state index contributed by atoms with van der Waals surface area (Å²) in [5.41, 5.74) is 2.89. The lowest BCUT2D eigenvalue weighted by atomic mass is 10.3. The van der Waals surface area contributed by atoms with Crippen molar-refractivity contribution in [3.63, 3.8) is 0 Å². The van der Waals surface area contributed by atoms with Gasteiger partial charge in [0.25, 0.3) is 0 Å². The van der Waals surface area contributed by atoms with Gasteiger partial charge in [-0.15, -0.1) is 0 Å². The molecule has 0 spiro atoms. The van der Waals surface area contributed by atoms with Crippen LogP contribution in [-0.4, -0.2) is 0 Å². The Hall–Kier alpha value is -0.230. The average Bonchev–Trinajstić information content (AvgIpc) is 2.14. The second-order valence-electron chi connectivity index (χ2n) is 1.63. The molecule has 7 heavy (non-hydrogen) atoms. The smallest absolute Gasteiger partial charge is 0.00745 e. The molecule has 1 aliphatic rings. The second-order valence-corrected chi connectivity index (χ2v) is 1.84. The van der Waals surface area contributed by atoms with Gasteiger partial charge in [-0.1, -0.05) is 23.8 Å². The van der Waals surface area contributed by atoms with Crippen LogP contribution in [-0.2, 0) is 0 Å². The van der Waals surface area contributed by atoms with Gasteiger partial charge < -0.3 is 0 Å². The van der Waals surface area contributed by atoms with Crippen LogP contribution in [0.5, 0.6) is 0 Å². The Morgan fingerprint density at radius 1 is 1.71 bits per heavy atom. The third kappa shape index (κ3) is 1.07. The van der Waals surface area contributed by atoms with Crippen LogP contribution in [0.2, 0.25) is 0 Å². The zero-order valence-corrected chi connectivity index (χ0v) is 4.78. The van der Waals surface area contributed by atoms with Gasteiger partial charge in [-0.05, 0) is 18.4 Å². The van der Waals surface area contributed by atoms with E-state index < -0.39 is 0 Å². The number of rotatable bonds is 0. The standard InChI is InChI=1S/C6H7Cl/c7-5-6-3-1-2-4-6/h1,3,5H,2,4H2. The van der Waals surface area contributed by atoms with E-state index in [1.165, 1.54) is 12.0 Å². The van der Waals surface area contributed by atoms with Crippen LogP contribution in [0.3, 0.4) is 0 Å². The highest BCUT2D eigenvalue weighted by Crippen LogP contribution is 2.15. The van der Waals surface area contributed by atoms with E-state index in [4.69, 9.17) is 11.6 Å². The lowest BCUT2D eigenvalue weighted by Crippen LogP contribution is -1.62.